The van der Waals surface area contributed by atoms with Gasteiger partial charge < -0.3 is 0 Å². The summed E-state index contributed by atoms with van der Waals surface area (Å²) in [6, 6.07) is 0. The Morgan fingerprint density at radius 3 is 1.29 bits per heavy atom. The summed E-state index contributed by atoms with van der Waals surface area (Å²) in [5, 5.41) is 0. The SMILES string of the molecule is C#CC(=C)/C=C\C(=C)C.C=C(C)/C=C\C(=C)C. The van der Waals surface area contributed by atoms with Crippen LogP contribution in [0.4, 0.5) is 0 Å². The summed E-state index contributed by atoms with van der Waals surface area (Å²) < 4.78 is 0. The van der Waals surface area contributed by atoms with Gasteiger partial charge >= 0.3 is 0 Å². The smallest absolute Gasteiger partial charge is 0.0170 e. The molecule has 0 aromatic heterocycles. The van der Waals surface area contributed by atoms with Crippen molar-refractivity contribution < 1.29 is 0 Å². The first kappa shape index (κ1) is 17.4. The Hall–Kier alpha value is -2.00. The van der Waals surface area contributed by atoms with Crippen molar-refractivity contribution in [3.8, 4) is 12.3 Å². The molecule has 17 heavy (non-hydrogen) atoms. The first-order valence-electron chi connectivity index (χ1n) is 5.27. The van der Waals surface area contributed by atoms with Crippen LogP contribution in [0.5, 0.6) is 0 Å². The molecule has 0 nitrogen and oxygen atoms in total. The summed E-state index contributed by atoms with van der Waals surface area (Å²) in [7, 11) is 0. The van der Waals surface area contributed by atoms with Gasteiger partial charge in [0, 0.05) is 5.57 Å². The van der Waals surface area contributed by atoms with Gasteiger partial charge in [-0.1, -0.05) is 67.2 Å². The molecular weight excluding hydrogens is 204 g/mol. The van der Waals surface area contributed by atoms with E-state index in [2.05, 4.69) is 32.2 Å². The summed E-state index contributed by atoms with van der Waals surface area (Å²) >= 11 is 0. The molecule has 0 aromatic rings. The van der Waals surface area contributed by atoms with Gasteiger partial charge in [-0.2, -0.15) is 0 Å². The molecule has 0 aliphatic carbocycles. The molecule has 0 unspecified atom stereocenters. The minimum Gasteiger partial charge on any atom is -0.115 e. The van der Waals surface area contributed by atoms with E-state index < -0.39 is 0 Å². The Morgan fingerprint density at radius 2 is 1.06 bits per heavy atom. The molecule has 0 amide bonds. The van der Waals surface area contributed by atoms with Crippen molar-refractivity contribution >= 4 is 0 Å². The minimum absolute atomic E-state index is 0.679. The Morgan fingerprint density at radius 1 is 0.765 bits per heavy atom. The first-order valence-corrected chi connectivity index (χ1v) is 5.27. The van der Waals surface area contributed by atoms with Crippen molar-refractivity contribution in [3.05, 3.63) is 72.9 Å². The van der Waals surface area contributed by atoms with Gasteiger partial charge in [-0.25, -0.2) is 0 Å². The maximum absolute atomic E-state index is 5.03. The highest BCUT2D eigenvalue weighted by atomic mass is 13.8. The maximum Gasteiger partial charge on any atom is 0.0170 e. The van der Waals surface area contributed by atoms with Crippen LogP contribution in [-0.4, -0.2) is 0 Å². The molecule has 0 heteroatoms. The van der Waals surface area contributed by atoms with Crippen molar-refractivity contribution in [2.45, 2.75) is 20.8 Å². The number of hydrogen-bond acceptors (Lipinski definition) is 0. The summed E-state index contributed by atoms with van der Waals surface area (Å²) in [6.07, 6.45) is 12.5. The largest absolute Gasteiger partial charge is 0.115 e. The average Bonchev–Trinajstić information content (AvgIpc) is 2.23. The van der Waals surface area contributed by atoms with Crippen molar-refractivity contribution in [3.63, 3.8) is 0 Å². The van der Waals surface area contributed by atoms with Crippen molar-refractivity contribution in [1.29, 1.82) is 0 Å². The normalized spacial score (nSPS) is 9.29. The van der Waals surface area contributed by atoms with Gasteiger partial charge in [-0.15, -0.1) is 6.42 Å². The zero-order valence-corrected chi connectivity index (χ0v) is 11.2. The highest BCUT2D eigenvalue weighted by Crippen LogP contribution is 1.94. The second-order valence-electron chi connectivity index (χ2n) is 3.88. The fourth-order valence-electron chi connectivity index (χ4n) is 0.575. The topological polar surface area (TPSA) is 0 Å². The Bertz CT molecular complexity index is 376. The van der Waals surface area contributed by atoms with Gasteiger partial charge in [0.15, 0.2) is 0 Å². The third-order valence-electron chi connectivity index (χ3n) is 1.41. The molecule has 0 N–H and O–H groups in total. The Labute approximate surface area is 106 Å². The van der Waals surface area contributed by atoms with Crippen molar-refractivity contribution in [2.24, 2.45) is 0 Å². The molecular formula is C17H22. The fourth-order valence-corrected chi connectivity index (χ4v) is 0.575. The maximum atomic E-state index is 5.03. The lowest BCUT2D eigenvalue weighted by atomic mass is 10.2. The first-order chi connectivity index (χ1) is 7.79. The minimum atomic E-state index is 0.679. The molecule has 0 aliphatic rings. The van der Waals surface area contributed by atoms with Crippen LogP contribution in [0.3, 0.4) is 0 Å². The molecule has 0 atom stereocenters. The fraction of sp³-hybridized carbons (Fsp3) is 0.176. The van der Waals surface area contributed by atoms with Crippen LogP contribution in [0, 0.1) is 12.3 Å². The number of rotatable bonds is 4. The zero-order chi connectivity index (χ0) is 13.8. The highest BCUT2D eigenvalue weighted by Gasteiger charge is 1.76. The molecule has 0 spiro atoms. The highest BCUT2D eigenvalue weighted by molar-refractivity contribution is 5.35. The van der Waals surface area contributed by atoms with E-state index in [0.717, 1.165) is 16.7 Å². The predicted octanol–water partition coefficient (Wildman–Crippen LogP) is 5.00. The Kier molecular flexibility index (Phi) is 10.8. The van der Waals surface area contributed by atoms with Gasteiger partial charge in [0.1, 0.15) is 0 Å². The second kappa shape index (κ2) is 10.5. The molecule has 0 saturated carbocycles. The second-order valence-corrected chi connectivity index (χ2v) is 3.88. The van der Waals surface area contributed by atoms with Crippen LogP contribution in [0.2, 0.25) is 0 Å². The van der Waals surface area contributed by atoms with Crippen LogP contribution in [0.15, 0.2) is 72.9 Å². The summed E-state index contributed by atoms with van der Waals surface area (Å²) in [6.45, 7) is 20.5. The number of terminal acetylenes is 1. The molecule has 0 saturated heterocycles. The number of allylic oxidation sites excluding steroid dienone is 8. The van der Waals surface area contributed by atoms with Gasteiger partial charge in [0.2, 0.25) is 0 Å². The van der Waals surface area contributed by atoms with Crippen LogP contribution < -0.4 is 0 Å². The molecule has 0 radical (unpaired) electrons. The van der Waals surface area contributed by atoms with Crippen molar-refractivity contribution in [1.82, 2.24) is 0 Å². The standard InChI is InChI=1S/C9H10.C8H12/c1-5-9(4)7-6-8(2)3;1-7(2)5-6-8(3)4/h1,6-7H,2,4H2,3H3;5-6H,1,3H2,2,4H3/b7-6-;6-5-. The Balaban J connectivity index is 0. The molecule has 0 heterocycles. The van der Waals surface area contributed by atoms with E-state index in [1.54, 1.807) is 6.08 Å². The summed E-state index contributed by atoms with van der Waals surface area (Å²) in [5.41, 5.74) is 3.78. The van der Waals surface area contributed by atoms with Crippen LogP contribution in [0.1, 0.15) is 20.8 Å². The van der Waals surface area contributed by atoms with Gasteiger partial charge in [-0.3, -0.25) is 0 Å². The van der Waals surface area contributed by atoms with Crippen LogP contribution in [0.25, 0.3) is 0 Å². The summed E-state index contributed by atoms with van der Waals surface area (Å²) in [5.74, 6) is 2.40. The third kappa shape index (κ3) is 20.2. The number of hydrogen-bond donors (Lipinski definition) is 0. The molecule has 0 bridgehead atoms. The molecule has 0 aromatic carbocycles. The van der Waals surface area contributed by atoms with E-state index in [0.29, 0.717) is 5.57 Å². The molecule has 0 fully saturated rings. The van der Waals surface area contributed by atoms with Crippen LogP contribution in [-0.2, 0) is 0 Å². The predicted molar refractivity (Wildman–Crippen MR) is 80.7 cm³/mol. The van der Waals surface area contributed by atoms with Gasteiger partial charge in [0.05, 0.1) is 0 Å². The average molecular weight is 226 g/mol. The quantitative estimate of drug-likeness (QED) is 0.467. The van der Waals surface area contributed by atoms with E-state index >= 15 is 0 Å². The van der Waals surface area contributed by atoms with E-state index in [-0.39, 0.29) is 0 Å². The third-order valence-corrected chi connectivity index (χ3v) is 1.41. The molecule has 0 rings (SSSR count). The van der Waals surface area contributed by atoms with Crippen molar-refractivity contribution in [2.75, 3.05) is 0 Å². The van der Waals surface area contributed by atoms with E-state index in [4.69, 9.17) is 6.42 Å². The van der Waals surface area contributed by atoms with E-state index in [1.165, 1.54) is 0 Å². The van der Waals surface area contributed by atoms with Gasteiger partial charge in [-0.05, 0) is 26.8 Å². The lowest BCUT2D eigenvalue weighted by molar-refractivity contribution is 1.50. The van der Waals surface area contributed by atoms with Crippen LogP contribution >= 0.6 is 0 Å². The van der Waals surface area contributed by atoms with E-state index in [9.17, 15) is 0 Å². The van der Waals surface area contributed by atoms with Gasteiger partial charge in [0.25, 0.3) is 0 Å². The molecule has 90 valence electrons. The summed E-state index contributed by atoms with van der Waals surface area (Å²) in [4.78, 5) is 0. The van der Waals surface area contributed by atoms with E-state index in [1.807, 2.05) is 39.0 Å². The zero-order valence-electron chi connectivity index (χ0n) is 11.2. The monoisotopic (exact) mass is 226 g/mol. The lowest BCUT2D eigenvalue weighted by Gasteiger charge is -1.84. The molecule has 0 aliphatic heterocycles. The lowest BCUT2D eigenvalue weighted by Crippen LogP contribution is -1.66.